The molecule has 0 unspecified atom stereocenters. The van der Waals surface area contributed by atoms with Gasteiger partial charge in [0.05, 0.1) is 0 Å². The van der Waals surface area contributed by atoms with Crippen molar-refractivity contribution in [2.75, 3.05) is 13.1 Å². The Bertz CT molecular complexity index is 149. The van der Waals surface area contributed by atoms with Crippen LogP contribution in [0.1, 0.15) is 110 Å². The summed E-state index contributed by atoms with van der Waals surface area (Å²) in [6, 6.07) is 0. The topological polar surface area (TPSA) is 12.0 Å². The van der Waals surface area contributed by atoms with Crippen molar-refractivity contribution >= 4 is 0 Å². The highest BCUT2D eigenvalue weighted by Gasteiger charge is 1.94. The van der Waals surface area contributed by atoms with E-state index in [-0.39, 0.29) is 0 Å². The minimum Gasteiger partial charge on any atom is -0.317 e. The van der Waals surface area contributed by atoms with Crippen LogP contribution in [0.15, 0.2) is 0 Å². The molecule has 1 N–H and O–H groups in total. The molecule has 1 radical (unpaired) electrons. The predicted molar refractivity (Wildman–Crippen MR) is 97.8 cm³/mol. The maximum Gasteiger partial charge on any atom is -0.00489 e. The van der Waals surface area contributed by atoms with Crippen molar-refractivity contribution in [3.8, 4) is 0 Å². The molecule has 0 saturated heterocycles. The molecule has 0 amide bonds. The van der Waals surface area contributed by atoms with Gasteiger partial charge in [0, 0.05) is 0 Å². The first kappa shape index (κ1) is 21.0. The van der Waals surface area contributed by atoms with Gasteiger partial charge >= 0.3 is 0 Å². The summed E-state index contributed by atoms with van der Waals surface area (Å²) in [6.45, 7) is 8.40. The molecule has 0 rings (SSSR count). The lowest BCUT2D eigenvalue weighted by Gasteiger charge is -2.04. The molecule has 0 atom stereocenters. The lowest BCUT2D eigenvalue weighted by Crippen LogP contribution is -2.15. The van der Waals surface area contributed by atoms with E-state index in [1.54, 1.807) is 0 Å². The molecule has 1 nitrogen and oxygen atoms in total. The quantitative estimate of drug-likeness (QED) is 0.278. The summed E-state index contributed by atoms with van der Waals surface area (Å²) in [6.07, 6.45) is 22.7. The SMILES string of the molecule is [CH2]CCNCCCCCCCCCCCCCCCCC. The van der Waals surface area contributed by atoms with Gasteiger partial charge < -0.3 is 5.32 Å². The van der Waals surface area contributed by atoms with Gasteiger partial charge in [-0.3, -0.25) is 0 Å². The Labute approximate surface area is 135 Å². The Kier molecular flexibility index (Phi) is 19.9. The molecule has 21 heavy (non-hydrogen) atoms. The third kappa shape index (κ3) is 20.0. The second-order valence-corrected chi connectivity index (χ2v) is 6.55. The fraction of sp³-hybridized carbons (Fsp3) is 0.950. The van der Waals surface area contributed by atoms with Gasteiger partial charge in [-0.25, -0.2) is 0 Å². The van der Waals surface area contributed by atoms with E-state index in [4.69, 9.17) is 0 Å². The van der Waals surface area contributed by atoms with Gasteiger partial charge in [0.2, 0.25) is 0 Å². The van der Waals surface area contributed by atoms with Crippen LogP contribution in [0, 0.1) is 6.92 Å². The normalized spacial score (nSPS) is 11.1. The van der Waals surface area contributed by atoms with Crippen LogP contribution in [0.3, 0.4) is 0 Å². The molecular formula is C20H42N. The van der Waals surface area contributed by atoms with Crippen molar-refractivity contribution in [2.24, 2.45) is 0 Å². The molecule has 0 saturated carbocycles. The number of rotatable bonds is 18. The summed E-state index contributed by atoms with van der Waals surface area (Å²) in [5.41, 5.74) is 0. The van der Waals surface area contributed by atoms with Gasteiger partial charge in [-0.05, 0) is 25.9 Å². The fourth-order valence-electron chi connectivity index (χ4n) is 2.87. The van der Waals surface area contributed by atoms with Crippen LogP contribution in [-0.2, 0) is 0 Å². The lowest BCUT2D eigenvalue weighted by molar-refractivity contribution is 0.528. The zero-order chi connectivity index (χ0) is 15.4. The molecule has 0 aromatic carbocycles. The zero-order valence-corrected chi connectivity index (χ0v) is 14.9. The fourth-order valence-corrected chi connectivity index (χ4v) is 2.87. The molecule has 0 aromatic rings. The van der Waals surface area contributed by atoms with Crippen molar-refractivity contribution in [1.29, 1.82) is 0 Å². The molecule has 0 aliphatic carbocycles. The van der Waals surface area contributed by atoms with Crippen molar-refractivity contribution in [2.45, 2.75) is 110 Å². The highest BCUT2D eigenvalue weighted by atomic mass is 14.8. The van der Waals surface area contributed by atoms with E-state index in [0.717, 1.165) is 13.0 Å². The van der Waals surface area contributed by atoms with E-state index in [9.17, 15) is 0 Å². The van der Waals surface area contributed by atoms with Gasteiger partial charge in [0.25, 0.3) is 0 Å². The second-order valence-electron chi connectivity index (χ2n) is 6.55. The molecule has 0 aliphatic rings. The predicted octanol–water partition coefficient (Wildman–Crippen LogP) is 6.67. The molecule has 0 aromatic heterocycles. The van der Waals surface area contributed by atoms with E-state index in [1.165, 1.54) is 103 Å². The molecule has 0 heterocycles. The van der Waals surface area contributed by atoms with Crippen LogP contribution in [0.5, 0.6) is 0 Å². The Balaban J connectivity index is 2.90. The second kappa shape index (κ2) is 20.0. The van der Waals surface area contributed by atoms with Gasteiger partial charge in [-0.15, -0.1) is 0 Å². The van der Waals surface area contributed by atoms with Crippen molar-refractivity contribution in [3.05, 3.63) is 6.92 Å². The van der Waals surface area contributed by atoms with Crippen molar-refractivity contribution in [1.82, 2.24) is 5.32 Å². The highest BCUT2D eigenvalue weighted by molar-refractivity contribution is 4.52. The van der Waals surface area contributed by atoms with E-state index >= 15 is 0 Å². The van der Waals surface area contributed by atoms with Gasteiger partial charge in [0.15, 0.2) is 0 Å². The Morgan fingerprint density at radius 2 is 0.905 bits per heavy atom. The lowest BCUT2D eigenvalue weighted by atomic mass is 10.0. The van der Waals surface area contributed by atoms with Crippen LogP contribution in [0.25, 0.3) is 0 Å². The van der Waals surface area contributed by atoms with Gasteiger partial charge in [-0.1, -0.05) is 104 Å². The average molecular weight is 297 g/mol. The molecule has 1 heteroatoms. The van der Waals surface area contributed by atoms with Gasteiger partial charge in [-0.2, -0.15) is 0 Å². The number of unbranched alkanes of at least 4 members (excludes halogenated alkanes) is 14. The third-order valence-corrected chi connectivity index (χ3v) is 4.31. The Morgan fingerprint density at radius 3 is 1.29 bits per heavy atom. The Morgan fingerprint density at radius 1 is 0.524 bits per heavy atom. The first-order chi connectivity index (χ1) is 10.4. The van der Waals surface area contributed by atoms with E-state index in [2.05, 4.69) is 19.2 Å². The summed E-state index contributed by atoms with van der Waals surface area (Å²) in [4.78, 5) is 0. The van der Waals surface area contributed by atoms with E-state index in [0.29, 0.717) is 0 Å². The summed E-state index contributed by atoms with van der Waals surface area (Å²) in [7, 11) is 0. The standard InChI is InChI=1S/C20H42N/c1-3-5-6-7-8-9-10-11-12-13-14-15-16-17-18-20-21-19-4-2/h21H,2-20H2,1H3. The van der Waals surface area contributed by atoms with Crippen LogP contribution in [0.2, 0.25) is 0 Å². The first-order valence-corrected chi connectivity index (χ1v) is 9.91. The molecule has 0 spiro atoms. The average Bonchev–Trinajstić information content (AvgIpc) is 2.50. The van der Waals surface area contributed by atoms with E-state index in [1.807, 2.05) is 0 Å². The van der Waals surface area contributed by atoms with Gasteiger partial charge in [0.1, 0.15) is 0 Å². The van der Waals surface area contributed by atoms with Crippen LogP contribution in [-0.4, -0.2) is 13.1 Å². The summed E-state index contributed by atoms with van der Waals surface area (Å²) < 4.78 is 0. The molecule has 127 valence electrons. The minimum absolute atomic E-state index is 1.01. The molecule has 0 bridgehead atoms. The smallest absolute Gasteiger partial charge is 0.00489 e. The largest absolute Gasteiger partial charge is 0.317 e. The third-order valence-electron chi connectivity index (χ3n) is 4.31. The number of hydrogen-bond donors (Lipinski definition) is 1. The van der Waals surface area contributed by atoms with Crippen LogP contribution < -0.4 is 5.32 Å². The highest BCUT2D eigenvalue weighted by Crippen LogP contribution is 2.13. The minimum atomic E-state index is 1.01. The number of hydrogen-bond acceptors (Lipinski definition) is 1. The molecular weight excluding hydrogens is 254 g/mol. The zero-order valence-electron chi connectivity index (χ0n) is 14.9. The maximum absolute atomic E-state index is 3.83. The van der Waals surface area contributed by atoms with Crippen LogP contribution >= 0.6 is 0 Å². The van der Waals surface area contributed by atoms with Crippen LogP contribution in [0.4, 0.5) is 0 Å². The molecule has 0 fully saturated rings. The van der Waals surface area contributed by atoms with E-state index < -0.39 is 0 Å². The summed E-state index contributed by atoms with van der Waals surface area (Å²) in [5.74, 6) is 0. The maximum atomic E-state index is 3.83. The summed E-state index contributed by atoms with van der Waals surface area (Å²) >= 11 is 0. The summed E-state index contributed by atoms with van der Waals surface area (Å²) in [5, 5.41) is 3.42. The Hall–Kier alpha value is -0.0400. The number of nitrogens with one attached hydrogen (secondary N) is 1. The van der Waals surface area contributed by atoms with Crippen molar-refractivity contribution < 1.29 is 0 Å². The van der Waals surface area contributed by atoms with Crippen molar-refractivity contribution in [3.63, 3.8) is 0 Å². The first-order valence-electron chi connectivity index (χ1n) is 9.91. The molecule has 0 aliphatic heterocycles. The monoisotopic (exact) mass is 296 g/mol.